The highest BCUT2D eigenvalue weighted by Crippen LogP contribution is 2.41. The number of fused-ring (bicyclic) bond motifs is 1. The maximum absolute atomic E-state index is 5.86. The molecule has 0 amide bonds. The lowest BCUT2D eigenvalue weighted by Crippen LogP contribution is -2.41. The van der Waals surface area contributed by atoms with Gasteiger partial charge in [0.05, 0.1) is 6.61 Å². The van der Waals surface area contributed by atoms with Crippen LogP contribution in [-0.2, 0) is 0 Å². The third-order valence-corrected chi connectivity index (χ3v) is 4.52. The molecule has 18 heavy (non-hydrogen) atoms. The van der Waals surface area contributed by atoms with Gasteiger partial charge in [-0.15, -0.1) is 0 Å². The molecule has 2 atom stereocenters. The average Bonchev–Trinajstić information content (AvgIpc) is 3.06. The topological polar surface area (TPSA) is 21.3 Å². The first-order valence-corrected chi connectivity index (χ1v) is 7.35. The standard InChI is InChI=1S/C16H23NO/c1-2-17-16(12-7-3-4-8-12)14-11-18-15-10-6-5-9-13(14)15/h5-6,9-10,12,14,16-17H,2-4,7-8,11H2,1H3. The van der Waals surface area contributed by atoms with Crippen molar-refractivity contribution in [2.24, 2.45) is 5.92 Å². The summed E-state index contributed by atoms with van der Waals surface area (Å²) in [5.41, 5.74) is 1.41. The van der Waals surface area contributed by atoms with Crippen LogP contribution in [0.2, 0.25) is 0 Å². The van der Waals surface area contributed by atoms with Crippen LogP contribution in [0, 0.1) is 5.92 Å². The number of benzene rings is 1. The van der Waals surface area contributed by atoms with E-state index < -0.39 is 0 Å². The number of hydrogen-bond acceptors (Lipinski definition) is 2. The van der Waals surface area contributed by atoms with Crippen LogP contribution in [0.5, 0.6) is 5.75 Å². The van der Waals surface area contributed by atoms with Gasteiger partial charge in [-0.2, -0.15) is 0 Å². The molecule has 0 radical (unpaired) electrons. The lowest BCUT2D eigenvalue weighted by atomic mass is 9.84. The van der Waals surface area contributed by atoms with Crippen molar-refractivity contribution in [3.63, 3.8) is 0 Å². The normalized spacial score (nSPS) is 24.8. The molecule has 3 rings (SSSR count). The number of para-hydroxylation sites is 1. The summed E-state index contributed by atoms with van der Waals surface area (Å²) in [6.45, 7) is 4.12. The summed E-state index contributed by atoms with van der Waals surface area (Å²) in [4.78, 5) is 0. The Morgan fingerprint density at radius 2 is 2.06 bits per heavy atom. The monoisotopic (exact) mass is 245 g/mol. The summed E-state index contributed by atoms with van der Waals surface area (Å²) in [5, 5.41) is 3.73. The molecule has 1 aromatic rings. The summed E-state index contributed by atoms with van der Waals surface area (Å²) in [6, 6.07) is 9.15. The predicted octanol–water partition coefficient (Wildman–Crippen LogP) is 3.33. The summed E-state index contributed by atoms with van der Waals surface area (Å²) in [5.74, 6) is 2.48. The molecule has 2 aliphatic rings. The van der Waals surface area contributed by atoms with E-state index in [4.69, 9.17) is 4.74 Å². The zero-order valence-corrected chi connectivity index (χ0v) is 11.2. The minimum atomic E-state index is 0.546. The van der Waals surface area contributed by atoms with Gasteiger partial charge in [0.25, 0.3) is 0 Å². The molecule has 0 spiro atoms. The van der Waals surface area contributed by atoms with Gasteiger partial charge in [-0.25, -0.2) is 0 Å². The van der Waals surface area contributed by atoms with E-state index in [0.717, 1.165) is 24.8 Å². The molecule has 2 heteroatoms. The van der Waals surface area contributed by atoms with Gasteiger partial charge in [0.2, 0.25) is 0 Å². The SMILES string of the molecule is CCNC(C1CCCC1)C1COc2ccccc21. The zero-order valence-electron chi connectivity index (χ0n) is 11.2. The molecule has 0 aromatic heterocycles. The van der Waals surface area contributed by atoms with Crippen molar-refractivity contribution in [3.05, 3.63) is 29.8 Å². The van der Waals surface area contributed by atoms with Crippen molar-refractivity contribution in [1.82, 2.24) is 5.32 Å². The maximum atomic E-state index is 5.86. The molecule has 0 bridgehead atoms. The Kier molecular flexibility index (Phi) is 3.55. The molecular formula is C16H23NO. The van der Waals surface area contributed by atoms with Crippen LogP contribution in [0.3, 0.4) is 0 Å². The fourth-order valence-electron chi connectivity index (χ4n) is 3.67. The van der Waals surface area contributed by atoms with Gasteiger partial charge in [-0.3, -0.25) is 0 Å². The molecule has 1 heterocycles. The third kappa shape index (κ3) is 2.14. The Hall–Kier alpha value is -1.02. The largest absolute Gasteiger partial charge is 0.493 e. The summed E-state index contributed by atoms with van der Waals surface area (Å²) in [7, 11) is 0. The highest BCUT2D eigenvalue weighted by molar-refractivity contribution is 5.40. The lowest BCUT2D eigenvalue weighted by molar-refractivity contribution is 0.255. The van der Waals surface area contributed by atoms with Gasteiger partial charge in [-0.05, 0) is 31.4 Å². The first-order chi connectivity index (χ1) is 8.90. The number of nitrogens with one attached hydrogen (secondary N) is 1. The van der Waals surface area contributed by atoms with Crippen LogP contribution in [0.1, 0.15) is 44.1 Å². The molecule has 1 saturated carbocycles. The van der Waals surface area contributed by atoms with Crippen molar-refractivity contribution < 1.29 is 4.74 Å². The zero-order chi connectivity index (χ0) is 12.4. The van der Waals surface area contributed by atoms with E-state index in [1.807, 2.05) is 0 Å². The van der Waals surface area contributed by atoms with Crippen molar-refractivity contribution in [2.45, 2.75) is 44.6 Å². The second-order valence-corrected chi connectivity index (χ2v) is 5.58. The van der Waals surface area contributed by atoms with Crippen molar-refractivity contribution in [2.75, 3.05) is 13.2 Å². The summed E-state index contributed by atoms with van der Waals surface area (Å²) >= 11 is 0. The lowest BCUT2D eigenvalue weighted by Gasteiger charge is -2.29. The second kappa shape index (κ2) is 5.31. The van der Waals surface area contributed by atoms with Crippen molar-refractivity contribution in [3.8, 4) is 5.75 Å². The van der Waals surface area contributed by atoms with Gasteiger partial charge >= 0.3 is 0 Å². The molecule has 1 N–H and O–H groups in total. The molecule has 2 unspecified atom stereocenters. The number of ether oxygens (including phenoxy) is 1. The predicted molar refractivity (Wildman–Crippen MR) is 74.1 cm³/mol. The van der Waals surface area contributed by atoms with Gasteiger partial charge in [-0.1, -0.05) is 38.0 Å². The first kappa shape index (κ1) is 12.0. The highest BCUT2D eigenvalue weighted by atomic mass is 16.5. The molecular weight excluding hydrogens is 222 g/mol. The molecule has 2 nitrogen and oxygen atoms in total. The van der Waals surface area contributed by atoms with Crippen LogP contribution >= 0.6 is 0 Å². The van der Waals surface area contributed by atoms with Gasteiger partial charge in [0.15, 0.2) is 0 Å². The Morgan fingerprint density at radius 1 is 1.28 bits per heavy atom. The van der Waals surface area contributed by atoms with Gasteiger partial charge in [0.1, 0.15) is 5.75 Å². The van der Waals surface area contributed by atoms with E-state index >= 15 is 0 Å². The van der Waals surface area contributed by atoms with Crippen LogP contribution in [0.4, 0.5) is 0 Å². The highest BCUT2D eigenvalue weighted by Gasteiger charge is 2.36. The molecule has 1 fully saturated rings. The quantitative estimate of drug-likeness (QED) is 0.878. The fraction of sp³-hybridized carbons (Fsp3) is 0.625. The van der Waals surface area contributed by atoms with E-state index in [9.17, 15) is 0 Å². The Balaban J connectivity index is 1.83. The Morgan fingerprint density at radius 3 is 2.83 bits per heavy atom. The number of rotatable bonds is 4. The molecule has 1 aromatic carbocycles. The minimum Gasteiger partial charge on any atom is -0.493 e. The fourth-order valence-corrected chi connectivity index (χ4v) is 3.67. The minimum absolute atomic E-state index is 0.546. The van der Waals surface area contributed by atoms with E-state index in [2.05, 4.69) is 36.5 Å². The van der Waals surface area contributed by atoms with Gasteiger partial charge in [0, 0.05) is 17.5 Å². The van der Waals surface area contributed by atoms with E-state index in [1.165, 1.54) is 31.2 Å². The number of likely N-dealkylation sites (N-methyl/N-ethyl adjacent to an activating group) is 1. The van der Waals surface area contributed by atoms with Crippen molar-refractivity contribution in [1.29, 1.82) is 0 Å². The van der Waals surface area contributed by atoms with Gasteiger partial charge < -0.3 is 10.1 Å². The van der Waals surface area contributed by atoms with E-state index in [0.29, 0.717) is 12.0 Å². The van der Waals surface area contributed by atoms with Crippen molar-refractivity contribution >= 4 is 0 Å². The van der Waals surface area contributed by atoms with Crippen LogP contribution < -0.4 is 10.1 Å². The van der Waals surface area contributed by atoms with Crippen LogP contribution in [0.15, 0.2) is 24.3 Å². The number of hydrogen-bond donors (Lipinski definition) is 1. The molecule has 0 saturated heterocycles. The summed E-state index contributed by atoms with van der Waals surface area (Å²) < 4.78 is 5.86. The van der Waals surface area contributed by atoms with E-state index in [-0.39, 0.29) is 0 Å². The average molecular weight is 245 g/mol. The Bertz CT molecular complexity index is 398. The Labute approximate surface area is 110 Å². The second-order valence-electron chi connectivity index (χ2n) is 5.58. The molecule has 1 aliphatic carbocycles. The van der Waals surface area contributed by atoms with Crippen LogP contribution in [0.25, 0.3) is 0 Å². The van der Waals surface area contributed by atoms with E-state index in [1.54, 1.807) is 0 Å². The smallest absolute Gasteiger partial charge is 0.122 e. The summed E-state index contributed by atoms with van der Waals surface area (Å²) in [6.07, 6.45) is 5.58. The first-order valence-electron chi connectivity index (χ1n) is 7.35. The third-order valence-electron chi connectivity index (χ3n) is 4.52. The van der Waals surface area contributed by atoms with Crippen LogP contribution in [-0.4, -0.2) is 19.2 Å². The molecule has 98 valence electrons. The maximum Gasteiger partial charge on any atom is 0.122 e. The molecule has 1 aliphatic heterocycles.